The Bertz CT molecular complexity index is 527. The van der Waals surface area contributed by atoms with Crippen LogP contribution in [-0.4, -0.2) is 0 Å². The smallest absolute Gasteiger partial charge is 0.0488 e. The van der Waals surface area contributed by atoms with Crippen molar-refractivity contribution in [2.45, 2.75) is 36.5 Å². The van der Waals surface area contributed by atoms with Crippen LogP contribution in [0.1, 0.15) is 25.0 Å². The molecule has 0 aromatic heterocycles. The predicted octanol–water partition coefficient (Wildman–Crippen LogP) is 4.13. The molecule has 0 aliphatic carbocycles. The molecular formula is C16H20N2S. The van der Waals surface area contributed by atoms with E-state index in [1.165, 1.54) is 11.1 Å². The fourth-order valence-electron chi connectivity index (χ4n) is 2.09. The molecule has 0 fully saturated rings. The molecule has 0 amide bonds. The van der Waals surface area contributed by atoms with Crippen molar-refractivity contribution in [1.29, 1.82) is 0 Å². The van der Waals surface area contributed by atoms with Crippen LogP contribution >= 0.6 is 11.8 Å². The van der Waals surface area contributed by atoms with E-state index in [9.17, 15) is 0 Å². The molecule has 2 aromatic rings. The third-order valence-electron chi connectivity index (χ3n) is 3.29. The van der Waals surface area contributed by atoms with Crippen LogP contribution in [0.5, 0.6) is 0 Å². The average molecular weight is 272 g/mol. The summed E-state index contributed by atoms with van der Waals surface area (Å²) in [6.07, 6.45) is 1.90. The predicted molar refractivity (Wildman–Crippen MR) is 84.6 cm³/mol. The van der Waals surface area contributed by atoms with Crippen molar-refractivity contribution in [3.63, 3.8) is 0 Å². The molecule has 0 aliphatic rings. The van der Waals surface area contributed by atoms with Crippen LogP contribution < -0.4 is 11.5 Å². The number of rotatable bonds is 4. The van der Waals surface area contributed by atoms with Crippen LogP contribution in [0.15, 0.2) is 46.2 Å². The van der Waals surface area contributed by atoms with E-state index in [2.05, 4.69) is 50.2 Å². The summed E-state index contributed by atoms with van der Waals surface area (Å²) in [6.45, 7) is 4.23. The SMILES string of the molecule is CCc1cccc(Sc2cccc(CC)c2N)c1N. The van der Waals surface area contributed by atoms with Crippen LogP contribution in [0.25, 0.3) is 0 Å². The summed E-state index contributed by atoms with van der Waals surface area (Å²) in [5, 5.41) is 0. The molecule has 0 heterocycles. The van der Waals surface area contributed by atoms with E-state index in [1.54, 1.807) is 11.8 Å². The summed E-state index contributed by atoms with van der Waals surface area (Å²) in [5.41, 5.74) is 16.5. The highest BCUT2D eigenvalue weighted by molar-refractivity contribution is 7.99. The molecule has 0 atom stereocenters. The van der Waals surface area contributed by atoms with Crippen LogP contribution in [0, 0.1) is 0 Å². The molecule has 2 rings (SSSR count). The molecule has 0 saturated heterocycles. The molecule has 2 aromatic carbocycles. The van der Waals surface area contributed by atoms with Crippen LogP contribution in [-0.2, 0) is 12.8 Å². The van der Waals surface area contributed by atoms with Crippen molar-refractivity contribution in [1.82, 2.24) is 0 Å². The topological polar surface area (TPSA) is 52.0 Å². The molecule has 4 N–H and O–H groups in total. The van der Waals surface area contributed by atoms with E-state index < -0.39 is 0 Å². The quantitative estimate of drug-likeness (QED) is 0.823. The van der Waals surface area contributed by atoms with Crippen molar-refractivity contribution < 1.29 is 0 Å². The molecule has 0 bridgehead atoms. The van der Waals surface area contributed by atoms with E-state index in [0.29, 0.717) is 0 Å². The Morgan fingerprint density at radius 3 is 1.58 bits per heavy atom. The van der Waals surface area contributed by atoms with Gasteiger partial charge in [-0.2, -0.15) is 0 Å². The monoisotopic (exact) mass is 272 g/mol. The average Bonchev–Trinajstić information content (AvgIpc) is 2.43. The molecule has 0 radical (unpaired) electrons. The number of nitrogen functional groups attached to an aromatic ring is 2. The maximum absolute atomic E-state index is 6.20. The first kappa shape index (κ1) is 13.8. The van der Waals surface area contributed by atoms with Crippen LogP contribution in [0.3, 0.4) is 0 Å². The number of para-hydroxylation sites is 2. The third-order valence-corrected chi connectivity index (χ3v) is 4.45. The fourth-order valence-corrected chi connectivity index (χ4v) is 3.10. The minimum atomic E-state index is 0.872. The summed E-state index contributed by atoms with van der Waals surface area (Å²) < 4.78 is 0. The van der Waals surface area contributed by atoms with Gasteiger partial charge >= 0.3 is 0 Å². The highest BCUT2D eigenvalue weighted by Gasteiger charge is 2.09. The number of hydrogen-bond donors (Lipinski definition) is 2. The summed E-state index contributed by atoms with van der Waals surface area (Å²) in [6, 6.07) is 12.4. The van der Waals surface area contributed by atoms with Crippen LogP contribution in [0.2, 0.25) is 0 Å². The Morgan fingerprint density at radius 2 is 1.21 bits per heavy atom. The van der Waals surface area contributed by atoms with Gasteiger partial charge in [-0.25, -0.2) is 0 Å². The fraction of sp³-hybridized carbons (Fsp3) is 0.250. The van der Waals surface area contributed by atoms with Gasteiger partial charge in [-0.3, -0.25) is 0 Å². The highest BCUT2D eigenvalue weighted by Crippen LogP contribution is 2.37. The first-order valence-electron chi connectivity index (χ1n) is 6.59. The largest absolute Gasteiger partial charge is 0.398 e. The third kappa shape index (κ3) is 2.87. The van der Waals surface area contributed by atoms with Gasteiger partial charge in [0.25, 0.3) is 0 Å². The number of hydrogen-bond acceptors (Lipinski definition) is 3. The molecule has 19 heavy (non-hydrogen) atoms. The summed E-state index contributed by atoms with van der Waals surface area (Å²) in [4.78, 5) is 2.17. The molecule has 2 nitrogen and oxygen atoms in total. The summed E-state index contributed by atoms with van der Waals surface area (Å²) >= 11 is 1.65. The van der Waals surface area contributed by atoms with Gasteiger partial charge in [-0.05, 0) is 36.1 Å². The Hall–Kier alpha value is -1.61. The Morgan fingerprint density at radius 1 is 0.789 bits per heavy atom. The second-order valence-corrected chi connectivity index (χ2v) is 5.55. The zero-order valence-electron chi connectivity index (χ0n) is 11.4. The lowest BCUT2D eigenvalue weighted by Crippen LogP contribution is -1.97. The second kappa shape index (κ2) is 6.02. The molecule has 0 saturated carbocycles. The maximum Gasteiger partial charge on any atom is 0.0488 e. The van der Waals surface area contributed by atoms with Gasteiger partial charge in [-0.15, -0.1) is 0 Å². The Balaban J connectivity index is 2.36. The van der Waals surface area contributed by atoms with Crippen molar-refractivity contribution in [2.24, 2.45) is 0 Å². The van der Waals surface area contributed by atoms with E-state index in [1.807, 2.05) is 0 Å². The van der Waals surface area contributed by atoms with Crippen molar-refractivity contribution in [2.75, 3.05) is 11.5 Å². The molecule has 100 valence electrons. The van der Waals surface area contributed by atoms with Gasteiger partial charge in [0, 0.05) is 21.2 Å². The zero-order valence-corrected chi connectivity index (χ0v) is 12.3. The molecule has 0 aliphatic heterocycles. The van der Waals surface area contributed by atoms with Crippen molar-refractivity contribution in [3.05, 3.63) is 47.5 Å². The molecular weight excluding hydrogens is 252 g/mol. The van der Waals surface area contributed by atoms with Gasteiger partial charge in [0.15, 0.2) is 0 Å². The zero-order chi connectivity index (χ0) is 13.8. The van der Waals surface area contributed by atoms with E-state index in [-0.39, 0.29) is 0 Å². The number of benzene rings is 2. The summed E-state index contributed by atoms with van der Waals surface area (Å²) in [7, 11) is 0. The minimum absolute atomic E-state index is 0.872. The number of anilines is 2. The number of aryl methyl sites for hydroxylation is 2. The van der Waals surface area contributed by atoms with Crippen molar-refractivity contribution >= 4 is 23.1 Å². The lowest BCUT2D eigenvalue weighted by atomic mass is 10.1. The standard InChI is InChI=1S/C16H20N2S/c1-3-11-7-5-9-13(15(11)17)19-14-10-6-8-12(4-2)16(14)18/h5-10H,3-4,17-18H2,1-2H3. The van der Waals surface area contributed by atoms with Gasteiger partial charge in [-0.1, -0.05) is 49.9 Å². The first-order valence-corrected chi connectivity index (χ1v) is 7.41. The number of nitrogens with two attached hydrogens (primary N) is 2. The van der Waals surface area contributed by atoms with Gasteiger partial charge < -0.3 is 11.5 Å². The Kier molecular flexibility index (Phi) is 4.38. The van der Waals surface area contributed by atoms with E-state index >= 15 is 0 Å². The lowest BCUT2D eigenvalue weighted by molar-refractivity contribution is 1.12. The normalized spacial score (nSPS) is 10.6. The highest BCUT2D eigenvalue weighted by atomic mass is 32.2. The van der Waals surface area contributed by atoms with Gasteiger partial charge in [0.2, 0.25) is 0 Å². The van der Waals surface area contributed by atoms with E-state index in [4.69, 9.17) is 11.5 Å². The molecule has 0 spiro atoms. The minimum Gasteiger partial charge on any atom is -0.398 e. The van der Waals surface area contributed by atoms with Crippen molar-refractivity contribution in [3.8, 4) is 0 Å². The second-order valence-electron chi connectivity index (χ2n) is 4.47. The molecule has 0 unspecified atom stereocenters. The summed E-state index contributed by atoms with van der Waals surface area (Å²) in [5.74, 6) is 0. The lowest BCUT2D eigenvalue weighted by Gasteiger charge is -2.12. The van der Waals surface area contributed by atoms with Gasteiger partial charge in [0.1, 0.15) is 0 Å². The van der Waals surface area contributed by atoms with E-state index in [0.717, 1.165) is 34.0 Å². The Labute approximate surface area is 119 Å². The van der Waals surface area contributed by atoms with Gasteiger partial charge in [0.05, 0.1) is 0 Å². The first-order chi connectivity index (χ1) is 9.17. The maximum atomic E-state index is 6.20. The molecule has 3 heteroatoms. The van der Waals surface area contributed by atoms with Crippen LogP contribution in [0.4, 0.5) is 11.4 Å².